The zero-order chi connectivity index (χ0) is 18.0. The van der Waals surface area contributed by atoms with E-state index in [0.717, 1.165) is 38.2 Å². The molecule has 1 N–H and O–H groups in total. The molecule has 4 rings (SSSR count). The number of nitrogens with one attached hydrogen (secondary N) is 1. The topological polar surface area (TPSA) is 24.5 Å². The molecule has 2 aromatic carbocycles. The summed E-state index contributed by atoms with van der Waals surface area (Å²) >= 11 is 0. The van der Waals surface area contributed by atoms with Gasteiger partial charge in [0.15, 0.2) is 0 Å². The van der Waals surface area contributed by atoms with Crippen molar-refractivity contribution in [2.45, 2.75) is 57.3 Å². The summed E-state index contributed by atoms with van der Waals surface area (Å²) in [4.78, 5) is 2.59. The van der Waals surface area contributed by atoms with E-state index in [1.54, 1.807) is 0 Å². The average molecular weight is 351 g/mol. The molecule has 1 spiro atoms. The summed E-state index contributed by atoms with van der Waals surface area (Å²) < 4.78 is 6.71. The van der Waals surface area contributed by atoms with E-state index in [0.29, 0.717) is 6.04 Å². The van der Waals surface area contributed by atoms with Gasteiger partial charge in [0, 0.05) is 31.2 Å². The molecule has 0 saturated heterocycles. The Hall–Kier alpha value is -1.84. The van der Waals surface area contributed by atoms with Crippen LogP contribution in [0.5, 0.6) is 5.75 Å². The van der Waals surface area contributed by atoms with Crippen molar-refractivity contribution in [2.24, 2.45) is 0 Å². The lowest BCUT2D eigenvalue weighted by Crippen LogP contribution is -2.50. The van der Waals surface area contributed by atoms with Crippen molar-refractivity contribution in [2.75, 3.05) is 13.6 Å². The van der Waals surface area contributed by atoms with Crippen LogP contribution < -0.4 is 10.1 Å². The molecule has 0 radical (unpaired) electrons. The lowest BCUT2D eigenvalue weighted by molar-refractivity contribution is -0.00324. The van der Waals surface area contributed by atoms with Crippen LogP contribution in [0.4, 0.5) is 0 Å². The molecule has 26 heavy (non-hydrogen) atoms. The maximum absolute atomic E-state index is 6.71. The van der Waals surface area contributed by atoms with Gasteiger partial charge in [-0.2, -0.15) is 0 Å². The van der Waals surface area contributed by atoms with Crippen LogP contribution in [0.3, 0.4) is 0 Å². The molecule has 0 amide bonds. The Labute approximate surface area is 157 Å². The Kier molecular flexibility index (Phi) is 5.01. The first-order valence-corrected chi connectivity index (χ1v) is 9.88. The second-order valence-electron chi connectivity index (χ2n) is 8.03. The lowest BCUT2D eigenvalue weighted by Gasteiger charge is -2.41. The third-order valence-corrected chi connectivity index (χ3v) is 6.17. The zero-order valence-electron chi connectivity index (χ0n) is 16.0. The number of hydrogen-bond acceptors (Lipinski definition) is 3. The summed E-state index contributed by atoms with van der Waals surface area (Å²) in [6.07, 6.45) is 4.63. The van der Waals surface area contributed by atoms with Gasteiger partial charge in [0.05, 0.1) is 0 Å². The van der Waals surface area contributed by atoms with Crippen LogP contribution in [0.2, 0.25) is 0 Å². The van der Waals surface area contributed by atoms with Crippen molar-refractivity contribution in [1.82, 2.24) is 10.2 Å². The molecular formula is C23H30N2O. The Balaban J connectivity index is 1.61. The number of rotatable bonds is 3. The smallest absolute Gasteiger partial charge is 0.124 e. The maximum Gasteiger partial charge on any atom is 0.124 e. The second-order valence-corrected chi connectivity index (χ2v) is 8.03. The quantitative estimate of drug-likeness (QED) is 0.894. The van der Waals surface area contributed by atoms with Crippen molar-refractivity contribution < 1.29 is 4.74 Å². The largest absolute Gasteiger partial charge is 0.486 e. The number of fused-ring (bicyclic) bond motifs is 1. The van der Waals surface area contributed by atoms with Crippen LogP contribution in [-0.4, -0.2) is 30.1 Å². The molecule has 0 bridgehead atoms. The normalized spacial score (nSPS) is 26.2. The van der Waals surface area contributed by atoms with E-state index in [1.165, 1.54) is 29.5 Å². The first-order chi connectivity index (χ1) is 12.7. The molecule has 1 saturated carbocycles. The minimum atomic E-state index is -0.0529. The van der Waals surface area contributed by atoms with Gasteiger partial charge < -0.3 is 10.1 Å². The van der Waals surface area contributed by atoms with Crippen LogP contribution in [0.15, 0.2) is 48.5 Å². The molecule has 1 heterocycles. The van der Waals surface area contributed by atoms with Gasteiger partial charge in [0.1, 0.15) is 11.4 Å². The van der Waals surface area contributed by atoms with Crippen LogP contribution in [0.25, 0.3) is 0 Å². The predicted octanol–water partition coefficient (Wildman–Crippen LogP) is 4.29. The highest BCUT2D eigenvalue weighted by Gasteiger charge is 2.40. The van der Waals surface area contributed by atoms with Crippen molar-refractivity contribution in [1.29, 1.82) is 0 Å². The summed E-state index contributed by atoms with van der Waals surface area (Å²) in [5.74, 6) is 1.09. The minimum absolute atomic E-state index is 0.0529. The number of ether oxygens (including phenoxy) is 1. The second kappa shape index (κ2) is 7.42. The molecule has 138 valence electrons. The fourth-order valence-corrected chi connectivity index (χ4v) is 4.54. The van der Waals surface area contributed by atoms with Gasteiger partial charge in [-0.3, -0.25) is 4.90 Å². The Bertz CT molecular complexity index is 749. The standard InChI is InChI=1S/C23H30N2O/c1-18-7-3-4-8-19(18)15-25-16-20-9-5-6-10-22(20)26-23(17-25)13-11-21(24-2)12-14-23/h3-10,21,24H,11-17H2,1-2H3. The molecule has 1 aliphatic carbocycles. The first kappa shape index (κ1) is 17.6. The SMILES string of the molecule is CNC1CCC2(CC1)CN(Cc1ccccc1C)Cc1ccccc1O2. The van der Waals surface area contributed by atoms with E-state index >= 15 is 0 Å². The van der Waals surface area contributed by atoms with Gasteiger partial charge >= 0.3 is 0 Å². The van der Waals surface area contributed by atoms with Crippen LogP contribution in [0.1, 0.15) is 42.4 Å². The lowest BCUT2D eigenvalue weighted by atomic mass is 9.81. The van der Waals surface area contributed by atoms with Gasteiger partial charge in [0.25, 0.3) is 0 Å². The highest BCUT2D eigenvalue weighted by atomic mass is 16.5. The Morgan fingerprint density at radius 3 is 2.58 bits per heavy atom. The maximum atomic E-state index is 6.71. The van der Waals surface area contributed by atoms with Gasteiger partial charge in [-0.05, 0) is 56.8 Å². The summed E-state index contributed by atoms with van der Waals surface area (Å²) in [7, 11) is 2.08. The van der Waals surface area contributed by atoms with E-state index < -0.39 is 0 Å². The van der Waals surface area contributed by atoms with E-state index in [1.807, 2.05) is 0 Å². The molecule has 2 aliphatic rings. The van der Waals surface area contributed by atoms with Crippen LogP contribution >= 0.6 is 0 Å². The van der Waals surface area contributed by atoms with E-state index in [2.05, 4.69) is 72.7 Å². The molecule has 2 aromatic rings. The first-order valence-electron chi connectivity index (χ1n) is 9.88. The summed E-state index contributed by atoms with van der Waals surface area (Å²) in [6.45, 7) is 5.17. The number of para-hydroxylation sites is 1. The molecule has 0 aromatic heterocycles. The van der Waals surface area contributed by atoms with Gasteiger partial charge in [-0.1, -0.05) is 42.5 Å². The fraction of sp³-hybridized carbons (Fsp3) is 0.478. The molecule has 0 atom stereocenters. The number of nitrogens with zero attached hydrogens (tertiary/aromatic N) is 1. The Morgan fingerprint density at radius 1 is 1.08 bits per heavy atom. The molecule has 3 nitrogen and oxygen atoms in total. The number of hydrogen-bond donors (Lipinski definition) is 1. The van der Waals surface area contributed by atoms with Crippen molar-refractivity contribution in [3.05, 3.63) is 65.2 Å². The van der Waals surface area contributed by atoms with Crippen molar-refractivity contribution in [3.8, 4) is 5.75 Å². The monoisotopic (exact) mass is 350 g/mol. The highest BCUT2D eigenvalue weighted by molar-refractivity contribution is 5.35. The van der Waals surface area contributed by atoms with E-state index in [4.69, 9.17) is 4.74 Å². The molecule has 1 fully saturated rings. The van der Waals surface area contributed by atoms with Gasteiger partial charge in [-0.25, -0.2) is 0 Å². The average Bonchev–Trinajstić information content (AvgIpc) is 2.80. The number of benzene rings is 2. The predicted molar refractivity (Wildman–Crippen MR) is 106 cm³/mol. The molecule has 0 unspecified atom stereocenters. The van der Waals surface area contributed by atoms with Crippen LogP contribution in [-0.2, 0) is 13.1 Å². The van der Waals surface area contributed by atoms with Crippen molar-refractivity contribution >= 4 is 0 Å². The van der Waals surface area contributed by atoms with Crippen molar-refractivity contribution in [3.63, 3.8) is 0 Å². The van der Waals surface area contributed by atoms with Gasteiger partial charge in [-0.15, -0.1) is 0 Å². The zero-order valence-corrected chi connectivity index (χ0v) is 16.0. The number of aryl methyl sites for hydroxylation is 1. The Morgan fingerprint density at radius 2 is 1.81 bits per heavy atom. The molecule has 1 aliphatic heterocycles. The molecular weight excluding hydrogens is 320 g/mol. The highest BCUT2D eigenvalue weighted by Crippen LogP contribution is 2.38. The summed E-state index contributed by atoms with van der Waals surface area (Å²) in [6, 6.07) is 18.0. The third-order valence-electron chi connectivity index (χ3n) is 6.17. The van der Waals surface area contributed by atoms with Gasteiger partial charge in [0.2, 0.25) is 0 Å². The third kappa shape index (κ3) is 3.65. The minimum Gasteiger partial charge on any atom is -0.486 e. The summed E-state index contributed by atoms with van der Waals surface area (Å²) in [5, 5.41) is 3.45. The summed E-state index contributed by atoms with van der Waals surface area (Å²) in [5.41, 5.74) is 4.06. The fourth-order valence-electron chi connectivity index (χ4n) is 4.54. The molecule has 3 heteroatoms. The van der Waals surface area contributed by atoms with E-state index in [9.17, 15) is 0 Å². The van der Waals surface area contributed by atoms with Crippen LogP contribution in [0, 0.1) is 6.92 Å². The van der Waals surface area contributed by atoms with E-state index in [-0.39, 0.29) is 5.60 Å².